The minimum atomic E-state index is -0.534. The van der Waals surface area contributed by atoms with Crippen LogP contribution in [0.3, 0.4) is 0 Å². The molecular weight excluding hydrogens is 482 g/mol. The molecule has 4 rings (SSSR count). The number of hydrogen-bond acceptors (Lipinski definition) is 6. The Kier molecular flexibility index (Phi) is 9.53. The van der Waals surface area contributed by atoms with Gasteiger partial charge < -0.3 is 24.6 Å². The number of hydrogen-bond donors (Lipinski definition) is 2. The Morgan fingerprint density at radius 2 is 1.79 bits per heavy atom. The number of ether oxygens (including phenoxy) is 3. The lowest BCUT2D eigenvalue weighted by Crippen LogP contribution is -2.19. The van der Waals surface area contributed by atoms with Crippen LogP contribution in [0.25, 0.3) is 0 Å². The second kappa shape index (κ2) is 13.0. The monoisotopic (exact) mass is 523 g/mol. The van der Waals surface area contributed by atoms with Crippen molar-refractivity contribution >= 4 is 17.6 Å². The number of rotatable bonds is 11. The molecule has 2 aliphatic rings. The maximum Gasteiger partial charge on any atom is 0.315 e. The van der Waals surface area contributed by atoms with Crippen LogP contribution in [0.5, 0.6) is 23.0 Å². The first-order valence-electron chi connectivity index (χ1n) is 14.2. The minimum Gasteiger partial charge on any atom is -0.508 e. The van der Waals surface area contributed by atoms with Gasteiger partial charge in [0.25, 0.3) is 0 Å². The number of aromatic hydroxyl groups is 1. The van der Waals surface area contributed by atoms with Crippen LogP contribution < -0.4 is 14.8 Å². The van der Waals surface area contributed by atoms with Crippen LogP contribution in [0.4, 0.5) is 5.69 Å². The molecule has 206 valence electrons. The molecule has 1 saturated carbocycles. The summed E-state index contributed by atoms with van der Waals surface area (Å²) < 4.78 is 17.8. The van der Waals surface area contributed by atoms with E-state index < -0.39 is 5.97 Å². The van der Waals surface area contributed by atoms with Crippen LogP contribution >= 0.6 is 0 Å². The first-order chi connectivity index (χ1) is 18.4. The van der Waals surface area contributed by atoms with Gasteiger partial charge in [-0.1, -0.05) is 39.0 Å². The Balaban J connectivity index is 1.56. The van der Waals surface area contributed by atoms with Crippen LogP contribution in [0.1, 0.15) is 87.5 Å². The fraction of sp³-hybridized carbons (Fsp3) is 0.548. The average Bonchev–Trinajstić information content (AvgIpc) is 3.38. The number of nitrogens with one attached hydrogen (secondary N) is 1. The highest BCUT2D eigenvalue weighted by Crippen LogP contribution is 2.45. The second-order valence-electron chi connectivity index (χ2n) is 10.4. The van der Waals surface area contributed by atoms with Crippen molar-refractivity contribution < 1.29 is 28.9 Å². The van der Waals surface area contributed by atoms with E-state index in [0.717, 1.165) is 59.4 Å². The molecule has 7 heteroatoms. The molecule has 1 amide bonds. The molecule has 0 bridgehead atoms. The standard InChI is InChI=1S/C31H41NO6/c1-4-22-26(33)14-15-27(31(22)37-17-16-21-10-7-6-8-11-21)38-30-20(3)18-25(23-12-9-13-24(23)30)32-28(34)19-29(35)36-5-2/h14-15,18,21,33H,4-13,16-17,19H2,1-3H3,(H,32,34). The summed E-state index contributed by atoms with van der Waals surface area (Å²) in [5.74, 6) is 1.98. The fourth-order valence-corrected chi connectivity index (χ4v) is 5.78. The Morgan fingerprint density at radius 1 is 1.03 bits per heavy atom. The Hall–Kier alpha value is -3.22. The molecule has 2 aliphatic carbocycles. The van der Waals surface area contributed by atoms with Gasteiger partial charge in [-0.3, -0.25) is 9.59 Å². The molecule has 0 atom stereocenters. The minimum absolute atomic E-state index is 0.217. The molecule has 0 saturated heterocycles. The summed E-state index contributed by atoms with van der Waals surface area (Å²) in [7, 11) is 0. The fourth-order valence-electron chi connectivity index (χ4n) is 5.78. The predicted octanol–water partition coefficient (Wildman–Crippen LogP) is 6.78. The van der Waals surface area contributed by atoms with Gasteiger partial charge in [0.1, 0.15) is 17.9 Å². The molecule has 0 heterocycles. The van der Waals surface area contributed by atoms with E-state index in [1.807, 2.05) is 19.9 Å². The average molecular weight is 524 g/mol. The van der Waals surface area contributed by atoms with Crippen LogP contribution in [0, 0.1) is 12.8 Å². The molecule has 0 radical (unpaired) electrons. The van der Waals surface area contributed by atoms with Crippen LogP contribution in [0.15, 0.2) is 18.2 Å². The summed E-state index contributed by atoms with van der Waals surface area (Å²) in [6, 6.07) is 5.36. The zero-order valence-electron chi connectivity index (χ0n) is 23.0. The number of esters is 1. The molecule has 2 aromatic rings. The Labute approximate surface area is 225 Å². The number of anilines is 1. The van der Waals surface area contributed by atoms with Gasteiger partial charge >= 0.3 is 5.97 Å². The number of amides is 1. The molecule has 0 aromatic heterocycles. The molecule has 0 unspecified atom stereocenters. The highest BCUT2D eigenvalue weighted by molar-refractivity contribution is 6.02. The molecule has 1 fully saturated rings. The molecular formula is C31H41NO6. The number of carbonyl (C=O) groups excluding carboxylic acids is 2. The summed E-state index contributed by atoms with van der Waals surface area (Å²) in [4.78, 5) is 24.2. The van der Waals surface area contributed by atoms with Crippen molar-refractivity contribution in [3.8, 4) is 23.0 Å². The third kappa shape index (κ3) is 6.61. The molecule has 2 N–H and O–H groups in total. The largest absolute Gasteiger partial charge is 0.508 e. The lowest BCUT2D eigenvalue weighted by atomic mass is 9.87. The number of fused-ring (bicyclic) bond motifs is 1. The summed E-state index contributed by atoms with van der Waals surface area (Å²) in [6.45, 7) is 6.52. The van der Waals surface area contributed by atoms with Crippen molar-refractivity contribution in [2.75, 3.05) is 18.5 Å². The van der Waals surface area contributed by atoms with Crippen LogP contribution in [-0.4, -0.2) is 30.2 Å². The third-order valence-corrected chi connectivity index (χ3v) is 7.68. The van der Waals surface area contributed by atoms with Gasteiger partial charge in [0.05, 0.1) is 13.2 Å². The van der Waals surface area contributed by atoms with E-state index in [4.69, 9.17) is 14.2 Å². The second-order valence-corrected chi connectivity index (χ2v) is 10.4. The number of aryl methyl sites for hydroxylation is 1. The van der Waals surface area contributed by atoms with E-state index in [-0.39, 0.29) is 24.7 Å². The summed E-state index contributed by atoms with van der Waals surface area (Å²) in [5.41, 5.74) is 4.47. The SMILES string of the molecule is CCOC(=O)CC(=O)Nc1cc(C)c(Oc2ccc(O)c(CC)c2OCCC2CCCCC2)c2c1CCC2. The lowest BCUT2D eigenvalue weighted by Gasteiger charge is -2.23. The first-order valence-corrected chi connectivity index (χ1v) is 14.2. The summed E-state index contributed by atoms with van der Waals surface area (Å²) >= 11 is 0. The van der Waals surface area contributed by atoms with Gasteiger partial charge in [-0.25, -0.2) is 0 Å². The van der Waals surface area contributed by atoms with Gasteiger partial charge in [0.15, 0.2) is 11.5 Å². The normalized spacial score (nSPS) is 15.1. The highest BCUT2D eigenvalue weighted by atomic mass is 16.5. The maximum absolute atomic E-state index is 12.5. The first kappa shape index (κ1) is 27.8. The van der Waals surface area contributed by atoms with Crippen LogP contribution in [0.2, 0.25) is 0 Å². The maximum atomic E-state index is 12.5. The van der Waals surface area contributed by atoms with Crippen LogP contribution in [-0.2, 0) is 33.6 Å². The Bertz CT molecular complexity index is 1150. The zero-order chi connectivity index (χ0) is 27.1. The van der Waals surface area contributed by atoms with Gasteiger partial charge in [-0.2, -0.15) is 0 Å². The number of phenolic OH excluding ortho intramolecular Hbond substituents is 1. The molecule has 0 spiro atoms. The smallest absolute Gasteiger partial charge is 0.315 e. The van der Waals surface area contributed by atoms with E-state index >= 15 is 0 Å². The quantitative estimate of drug-likeness (QED) is 0.249. The van der Waals surface area contributed by atoms with E-state index in [2.05, 4.69) is 5.32 Å². The molecule has 38 heavy (non-hydrogen) atoms. The van der Waals surface area contributed by atoms with Gasteiger partial charge in [0, 0.05) is 16.8 Å². The van der Waals surface area contributed by atoms with Crippen molar-refractivity contribution in [3.63, 3.8) is 0 Å². The van der Waals surface area contributed by atoms with Crippen molar-refractivity contribution in [3.05, 3.63) is 40.5 Å². The van der Waals surface area contributed by atoms with E-state index in [1.165, 1.54) is 32.1 Å². The Morgan fingerprint density at radius 3 is 2.53 bits per heavy atom. The van der Waals surface area contributed by atoms with E-state index in [9.17, 15) is 14.7 Å². The van der Waals surface area contributed by atoms with Crippen molar-refractivity contribution in [1.29, 1.82) is 0 Å². The number of phenols is 1. The number of benzene rings is 2. The topological polar surface area (TPSA) is 94.1 Å². The van der Waals surface area contributed by atoms with E-state index in [1.54, 1.807) is 19.1 Å². The molecule has 0 aliphatic heterocycles. The van der Waals surface area contributed by atoms with Crippen molar-refractivity contribution in [1.82, 2.24) is 0 Å². The summed E-state index contributed by atoms with van der Waals surface area (Å²) in [6.07, 6.45) is 10.4. The van der Waals surface area contributed by atoms with E-state index in [0.29, 0.717) is 30.4 Å². The number of carbonyl (C=O) groups is 2. The van der Waals surface area contributed by atoms with Crippen molar-refractivity contribution in [2.24, 2.45) is 5.92 Å². The molecule has 2 aromatic carbocycles. The van der Waals surface area contributed by atoms with Gasteiger partial charge in [-0.15, -0.1) is 0 Å². The lowest BCUT2D eigenvalue weighted by molar-refractivity contribution is -0.145. The van der Waals surface area contributed by atoms with Crippen molar-refractivity contribution in [2.45, 2.75) is 91.4 Å². The van der Waals surface area contributed by atoms with Gasteiger partial charge in [-0.05, 0) is 81.2 Å². The molecule has 7 nitrogen and oxygen atoms in total. The van der Waals surface area contributed by atoms with Gasteiger partial charge in [0.2, 0.25) is 5.91 Å². The summed E-state index contributed by atoms with van der Waals surface area (Å²) in [5, 5.41) is 13.5. The zero-order valence-corrected chi connectivity index (χ0v) is 23.0. The highest BCUT2D eigenvalue weighted by Gasteiger charge is 2.25. The predicted molar refractivity (Wildman–Crippen MR) is 147 cm³/mol. The third-order valence-electron chi connectivity index (χ3n) is 7.68.